The first kappa shape index (κ1) is 22.5. The topological polar surface area (TPSA) is 133 Å². The molecule has 1 saturated heterocycles. The van der Waals surface area contributed by atoms with Gasteiger partial charge >= 0.3 is 0 Å². The lowest BCUT2D eigenvalue weighted by Gasteiger charge is -2.54. The summed E-state index contributed by atoms with van der Waals surface area (Å²) in [6.07, 6.45) is 9.30. The Bertz CT molecular complexity index is 1340. The molecule has 3 aromatic rings. The first-order chi connectivity index (χ1) is 17.5. The van der Waals surface area contributed by atoms with Gasteiger partial charge in [-0.25, -0.2) is 4.98 Å². The molecule has 4 N–H and O–H groups in total. The largest absolute Gasteiger partial charge is 0.494 e. The maximum Gasteiger partial charge on any atom is 0.252 e. The summed E-state index contributed by atoms with van der Waals surface area (Å²) in [5, 5.41) is 10.7. The van der Waals surface area contributed by atoms with E-state index in [2.05, 4.69) is 26.9 Å². The number of aromatic nitrogens is 3. The van der Waals surface area contributed by atoms with E-state index in [0.717, 1.165) is 43.6 Å². The Morgan fingerprint density at radius 3 is 2.67 bits per heavy atom. The number of primary amides is 1. The molecule has 6 rings (SSSR count). The summed E-state index contributed by atoms with van der Waals surface area (Å²) < 4.78 is 13.3. The van der Waals surface area contributed by atoms with Crippen LogP contribution in [0.25, 0.3) is 11.1 Å². The van der Waals surface area contributed by atoms with Crippen LogP contribution in [0.15, 0.2) is 42.9 Å². The van der Waals surface area contributed by atoms with E-state index in [-0.39, 0.29) is 22.8 Å². The fourth-order valence-electron chi connectivity index (χ4n) is 5.07. The number of ether oxygens (including phenoxy) is 2. The number of nitrogens with one attached hydrogen (secondary N) is 2. The fraction of sp³-hybridized carbons (Fsp3) is 0.385. The molecule has 2 aliphatic carbocycles. The van der Waals surface area contributed by atoms with Gasteiger partial charge in [0.25, 0.3) is 5.91 Å². The van der Waals surface area contributed by atoms with Gasteiger partial charge in [-0.1, -0.05) is 12.1 Å². The Morgan fingerprint density at radius 2 is 2.03 bits per heavy atom. The van der Waals surface area contributed by atoms with Crippen LogP contribution in [0.4, 0.5) is 17.2 Å². The monoisotopic (exact) mass is 488 g/mol. The van der Waals surface area contributed by atoms with E-state index in [9.17, 15) is 9.59 Å². The molecule has 10 heteroatoms. The summed E-state index contributed by atoms with van der Waals surface area (Å²) >= 11 is 0. The number of hydrogen-bond acceptors (Lipinski definition) is 7. The molecule has 1 atom stereocenters. The molecule has 36 heavy (non-hydrogen) atoms. The summed E-state index contributed by atoms with van der Waals surface area (Å²) in [6, 6.07) is 7.70. The minimum Gasteiger partial charge on any atom is -0.494 e. The van der Waals surface area contributed by atoms with Crippen molar-refractivity contribution < 1.29 is 19.1 Å². The molecule has 10 nitrogen and oxygen atoms in total. The lowest BCUT2D eigenvalue weighted by molar-refractivity contribution is -0.190. The second-order valence-electron chi connectivity index (χ2n) is 9.87. The number of para-hydroxylation sites is 1. The normalized spacial score (nSPS) is 19.8. The number of rotatable bonds is 8. The molecule has 3 aliphatic rings. The number of nitrogens with two attached hydrogens (primary N) is 1. The number of anilines is 3. The number of benzene rings is 1. The second-order valence-corrected chi connectivity index (χ2v) is 9.87. The van der Waals surface area contributed by atoms with Crippen LogP contribution in [-0.4, -0.2) is 46.9 Å². The third-order valence-corrected chi connectivity index (χ3v) is 7.49. The average Bonchev–Trinajstić information content (AvgIpc) is 3.56. The molecule has 1 spiro atoms. The Kier molecular flexibility index (Phi) is 5.40. The van der Waals surface area contributed by atoms with Crippen molar-refractivity contribution in [1.29, 1.82) is 0 Å². The van der Waals surface area contributed by atoms with Gasteiger partial charge in [-0.15, -0.1) is 0 Å². The van der Waals surface area contributed by atoms with Crippen molar-refractivity contribution in [3.63, 3.8) is 0 Å². The Balaban J connectivity index is 1.30. The minimum absolute atomic E-state index is 0.0309. The van der Waals surface area contributed by atoms with Crippen LogP contribution >= 0.6 is 0 Å². The fourth-order valence-corrected chi connectivity index (χ4v) is 5.07. The highest BCUT2D eigenvalue weighted by Gasteiger charge is 2.53. The smallest absolute Gasteiger partial charge is 0.252 e. The predicted molar refractivity (Wildman–Crippen MR) is 133 cm³/mol. The third kappa shape index (κ3) is 3.87. The van der Waals surface area contributed by atoms with E-state index in [1.54, 1.807) is 13.2 Å². The lowest BCUT2D eigenvalue weighted by Crippen LogP contribution is -2.55. The Hall–Kier alpha value is -3.92. The highest BCUT2D eigenvalue weighted by Crippen LogP contribution is 2.54. The van der Waals surface area contributed by atoms with Crippen LogP contribution in [0.2, 0.25) is 0 Å². The van der Waals surface area contributed by atoms with Crippen LogP contribution in [0.5, 0.6) is 5.75 Å². The van der Waals surface area contributed by atoms with Crippen LogP contribution in [0.1, 0.15) is 42.1 Å². The van der Waals surface area contributed by atoms with Gasteiger partial charge in [0.1, 0.15) is 11.6 Å². The zero-order chi connectivity index (χ0) is 24.9. The number of pyridine rings is 1. The van der Waals surface area contributed by atoms with Crippen LogP contribution in [-0.2, 0) is 9.53 Å². The number of carbonyl (C=O) groups is 2. The summed E-state index contributed by atoms with van der Waals surface area (Å²) in [5.41, 5.74) is 8.90. The Morgan fingerprint density at radius 1 is 1.19 bits per heavy atom. The molecular formula is C26H28N6O4. The van der Waals surface area contributed by atoms with E-state index in [1.165, 1.54) is 12.6 Å². The number of amides is 2. The molecule has 1 aromatic carbocycles. The molecule has 3 heterocycles. The molecule has 3 fully saturated rings. The maximum absolute atomic E-state index is 12.2. The summed E-state index contributed by atoms with van der Waals surface area (Å²) in [7, 11) is 1.60. The van der Waals surface area contributed by atoms with Gasteiger partial charge in [-0.05, 0) is 31.7 Å². The van der Waals surface area contributed by atoms with Gasteiger partial charge in [0, 0.05) is 40.9 Å². The van der Waals surface area contributed by atoms with Crippen molar-refractivity contribution >= 4 is 29.0 Å². The SMILES string of the molecule is COc1c(Nc2cc(NC(=O)C3CC3)ncc2C(N)=O)cccc1-c1cnn([C@@H]2CCC23COC3)c1. The highest BCUT2D eigenvalue weighted by atomic mass is 16.5. The Labute approximate surface area is 208 Å². The zero-order valence-corrected chi connectivity index (χ0v) is 20.0. The lowest BCUT2D eigenvalue weighted by atomic mass is 9.63. The number of carbonyl (C=O) groups excluding carboxylic acids is 2. The van der Waals surface area contributed by atoms with Crippen LogP contribution < -0.4 is 21.1 Å². The molecule has 0 radical (unpaired) electrons. The van der Waals surface area contributed by atoms with Gasteiger partial charge in [0.15, 0.2) is 0 Å². The summed E-state index contributed by atoms with van der Waals surface area (Å²) in [6.45, 7) is 1.60. The molecule has 1 aliphatic heterocycles. The van der Waals surface area contributed by atoms with Crippen molar-refractivity contribution in [2.24, 2.45) is 17.1 Å². The van der Waals surface area contributed by atoms with Gasteiger partial charge in [0.05, 0.1) is 49.5 Å². The third-order valence-electron chi connectivity index (χ3n) is 7.49. The quantitative estimate of drug-likeness (QED) is 0.442. The maximum atomic E-state index is 12.2. The van der Waals surface area contributed by atoms with Crippen molar-refractivity contribution in [1.82, 2.24) is 14.8 Å². The molecule has 2 amide bonds. The van der Waals surface area contributed by atoms with Crippen molar-refractivity contribution in [3.05, 3.63) is 48.4 Å². The van der Waals surface area contributed by atoms with E-state index < -0.39 is 5.91 Å². The van der Waals surface area contributed by atoms with E-state index in [1.807, 2.05) is 29.1 Å². The zero-order valence-electron chi connectivity index (χ0n) is 20.0. The van der Waals surface area contributed by atoms with Crippen molar-refractivity contribution in [2.45, 2.75) is 31.7 Å². The van der Waals surface area contributed by atoms with Gasteiger partial charge in [-0.3, -0.25) is 14.3 Å². The van der Waals surface area contributed by atoms with Crippen molar-refractivity contribution in [3.8, 4) is 16.9 Å². The standard InChI is InChI=1S/C26H28N6O4/c1-35-23-17(16-10-29-32(12-16)21-7-8-26(21)13-36-14-26)3-2-4-19(23)30-20-9-22(28-11-18(20)24(27)33)31-25(34)15-5-6-15/h2-4,9-12,15,21H,5-8,13-14H2,1H3,(H2,27,33)(H2,28,30,31,34)/t21-/m1/s1. The van der Waals surface area contributed by atoms with E-state index in [4.69, 9.17) is 15.2 Å². The number of nitrogens with zero attached hydrogens (tertiary/aromatic N) is 3. The molecule has 186 valence electrons. The van der Waals surface area contributed by atoms with Crippen molar-refractivity contribution in [2.75, 3.05) is 31.0 Å². The van der Waals surface area contributed by atoms with Crippen LogP contribution in [0, 0.1) is 11.3 Å². The first-order valence-corrected chi connectivity index (χ1v) is 12.1. The highest BCUT2D eigenvalue weighted by molar-refractivity contribution is 6.01. The minimum atomic E-state index is -0.629. The number of hydrogen-bond donors (Lipinski definition) is 3. The van der Waals surface area contributed by atoms with Crippen LogP contribution in [0.3, 0.4) is 0 Å². The summed E-state index contributed by atoms with van der Waals surface area (Å²) in [5.74, 6) is 0.283. The molecule has 0 unspecified atom stereocenters. The molecule has 2 aromatic heterocycles. The van der Waals surface area contributed by atoms with Gasteiger partial charge in [-0.2, -0.15) is 5.10 Å². The predicted octanol–water partition coefficient (Wildman–Crippen LogP) is 3.50. The first-order valence-electron chi connectivity index (χ1n) is 12.1. The second kappa shape index (κ2) is 8.63. The van der Waals surface area contributed by atoms with Gasteiger partial charge < -0.3 is 25.8 Å². The molecule has 0 bridgehead atoms. The van der Waals surface area contributed by atoms with E-state index >= 15 is 0 Å². The van der Waals surface area contributed by atoms with E-state index in [0.29, 0.717) is 29.0 Å². The average molecular weight is 489 g/mol. The molecular weight excluding hydrogens is 460 g/mol. The molecule has 2 saturated carbocycles. The van der Waals surface area contributed by atoms with Gasteiger partial charge in [0.2, 0.25) is 5.91 Å². The number of methoxy groups -OCH3 is 1. The summed E-state index contributed by atoms with van der Waals surface area (Å²) in [4.78, 5) is 28.5.